The lowest BCUT2D eigenvalue weighted by Gasteiger charge is -2.26. The van der Waals surface area contributed by atoms with E-state index in [1.54, 1.807) is 0 Å². The lowest BCUT2D eigenvalue weighted by molar-refractivity contribution is 0.619. The minimum Gasteiger partial charge on any atom is -0.371 e. The Morgan fingerprint density at radius 1 is 1.26 bits per heavy atom. The van der Waals surface area contributed by atoms with E-state index in [4.69, 9.17) is 11.6 Å². The number of hydrogen-bond donors (Lipinski definition) is 0. The first-order valence-corrected chi connectivity index (χ1v) is 7.38. The molecule has 2 nitrogen and oxygen atoms in total. The molecule has 1 heterocycles. The lowest BCUT2D eigenvalue weighted by atomic mass is 10.1. The van der Waals surface area contributed by atoms with Gasteiger partial charge >= 0.3 is 0 Å². The predicted molar refractivity (Wildman–Crippen MR) is 84.0 cm³/mol. The fraction of sp³-hybridized carbons (Fsp3) is 0.438. The molecule has 0 aliphatic heterocycles. The molecule has 0 saturated carbocycles. The van der Waals surface area contributed by atoms with Gasteiger partial charge in [-0.15, -0.1) is 11.6 Å². The van der Waals surface area contributed by atoms with E-state index < -0.39 is 0 Å². The molecule has 1 aromatic heterocycles. The zero-order valence-corrected chi connectivity index (χ0v) is 12.6. The number of aromatic nitrogens is 1. The molecule has 102 valence electrons. The Morgan fingerprint density at radius 3 is 2.63 bits per heavy atom. The minimum atomic E-state index is 0.455. The van der Waals surface area contributed by atoms with Crippen LogP contribution in [0.15, 0.2) is 30.3 Å². The average molecular weight is 277 g/mol. The molecule has 3 heteroatoms. The van der Waals surface area contributed by atoms with E-state index in [2.05, 4.69) is 54.9 Å². The van der Waals surface area contributed by atoms with Crippen LogP contribution >= 0.6 is 11.6 Å². The van der Waals surface area contributed by atoms with Crippen LogP contribution in [0.3, 0.4) is 0 Å². The Bertz CT molecular complexity index is 551. The molecular weight excluding hydrogens is 256 g/mol. The molecule has 0 radical (unpaired) electrons. The average Bonchev–Trinajstić information content (AvgIpc) is 2.43. The maximum absolute atomic E-state index is 5.97. The van der Waals surface area contributed by atoms with Crippen molar-refractivity contribution in [2.24, 2.45) is 5.92 Å². The summed E-state index contributed by atoms with van der Waals surface area (Å²) in [6.45, 7) is 8.72. The summed E-state index contributed by atoms with van der Waals surface area (Å²) < 4.78 is 0. The molecule has 0 aliphatic rings. The summed E-state index contributed by atoms with van der Waals surface area (Å²) in [7, 11) is 0. The second-order valence-electron chi connectivity index (χ2n) is 5.22. The summed E-state index contributed by atoms with van der Waals surface area (Å²) in [5, 5.41) is 1.21. The molecule has 0 aliphatic carbocycles. The van der Waals surface area contributed by atoms with Gasteiger partial charge in [-0.05, 0) is 25.0 Å². The van der Waals surface area contributed by atoms with Crippen molar-refractivity contribution in [2.45, 2.75) is 26.7 Å². The number of alkyl halides is 1. The van der Waals surface area contributed by atoms with E-state index >= 15 is 0 Å². The van der Waals surface area contributed by atoms with Gasteiger partial charge in [-0.3, -0.25) is 4.98 Å². The first-order chi connectivity index (χ1) is 9.15. The van der Waals surface area contributed by atoms with Gasteiger partial charge in [-0.1, -0.05) is 32.0 Å². The monoisotopic (exact) mass is 276 g/mol. The molecule has 0 spiro atoms. The Morgan fingerprint density at radius 2 is 2.00 bits per heavy atom. The van der Waals surface area contributed by atoms with Gasteiger partial charge < -0.3 is 4.90 Å². The van der Waals surface area contributed by atoms with Gasteiger partial charge in [0.15, 0.2) is 0 Å². The maximum atomic E-state index is 5.97. The SMILES string of the molecule is CCN(CC(C)C)c1cc(CCl)nc2ccccc12. The molecule has 0 unspecified atom stereocenters. The van der Waals surface area contributed by atoms with Gasteiger partial charge in [0.05, 0.1) is 17.1 Å². The predicted octanol–water partition coefficient (Wildman–Crippen LogP) is 4.46. The zero-order valence-electron chi connectivity index (χ0n) is 11.9. The molecule has 0 bridgehead atoms. The molecule has 1 aromatic carbocycles. The zero-order chi connectivity index (χ0) is 13.8. The fourth-order valence-electron chi connectivity index (χ4n) is 2.38. The standard InChI is InChI=1S/C16H21ClN2/c1-4-19(11-12(2)3)16-9-13(10-17)18-15-8-6-5-7-14(15)16/h5-9,12H,4,10-11H2,1-3H3. The fourth-order valence-corrected chi connectivity index (χ4v) is 2.52. The van der Waals surface area contributed by atoms with Crippen molar-refractivity contribution in [1.29, 1.82) is 0 Å². The van der Waals surface area contributed by atoms with Crippen LogP contribution < -0.4 is 4.90 Å². The van der Waals surface area contributed by atoms with Gasteiger partial charge in [0.1, 0.15) is 0 Å². The first-order valence-electron chi connectivity index (χ1n) is 6.85. The van der Waals surface area contributed by atoms with Crippen LogP contribution in [0, 0.1) is 5.92 Å². The molecule has 0 amide bonds. The third kappa shape index (κ3) is 3.19. The third-order valence-electron chi connectivity index (χ3n) is 3.19. The van der Waals surface area contributed by atoms with Gasteiger partial charge in [0.25, 0.3) is 0 Å². The number of pyridine rings is 1. The van der Waals surface area contributed by atoms with E-state index in [1.165, 1.54) is 11.1 Å². The van der Waals surface area contributed by atoms with Crippen LogP contribution in [0.2, 0.25) is 0 Å². The summed E-state index contributed by atoms with van der Waals surface area (Å²) in [4.78, 5) is 7.00. The highest BCUT2D eigenvalue weighted by Gasteiger charge is 2.12. The number of fused-ring (bicyclic) bond motifs is 1. The van der Waals surface area contributed by atoms with Crippen molar-refractivity contribution >= 4 is 28.2 Å². The molecular formula is C16H21ClN2. The van der Waals surface area contributed by atoms with Crippen LogP contribution in [0.4, 0.5) is 5.69 Å². The van der Waals surface area contributed by atoms with E-state index in [-0.39, 0.29) is 0 Å². The topological polar surface area (TPSA) is 16.1 Å². The van der Waals surface area contributed by atoms with E-state index in [0.29, 0.717) is 11.8 Å². The smallest absolute Gasteiger partial charge is 0.0726 e. The van der Waals surface area contributed by atoms with Crippen molar-refractivity contribution < 1.29 is 0 Å². The second-order valence-corrected chi connectivity index (χ2v) is 5.48. The number of anilines is 1. The second kappa shape index (κ2) is 6.25. The summed E-state index contributed by atoms with van der Waals surface area (Å²) in [6.07, 6.45) is 0. The summed E-state index contributed by atoms with van der Waals surface area (Å²) in [5.74, 6) is 1.09. The van der Waals surface area contributed by atoms with E-state index in [9.17, 15) is 0 Å². The number of benzene rings is 1. The van der Waals surface area contributed by atoms with Crippen molar-refractivity contribution in [1.82, 2.24) is 4.98 Å². The number of hydrogen-bond acceptors (Lipinski definition) is 2. The largest absolute Gasteiger partial charge is 0.371 e. The minimum absolute atomic E-state index is 0.455. The van der Waals surface area contributed by atoms with Crippen LogP contribution in [0.25, 0.3) is 10.9 Å². The number of para-hydroxylation sites is 1. The molecule has 2 rings (SSSR count). The molecule has 0 atom stereocenters. The van der Waals surface area contributed by atoms with Crippen LogP contribution in [0.5, 0.6) is 0 Å². The highest BCUT2D eigenvalue weighted by atomic mass is 35.5. The van der Waals surface area contributed by atoms with E-state index in [1.807, 2.05) is 6.07 Å². The highest BCUT2D eigenvalue weighted by Crippen LogP contribution is 2.27. The normalized spacial score (nSPS) is 11.2. The van der Waals surface area contributed by atoms with Gasteiger partial charge in [-0.2, -0.15) is 0 Å². The van der Waals surface area contributed by atoms with Crippen LogP contribution in [0.1, 0.15) is 26.5 Å². The molecule has 0 saturated heterocycles. The highest BCUT2D eigenvalue weighted by molar-refractivity contribution is 6.17. The molecule has 0 N–H and O–H groups in total. The summed E-state index contributed by atoms with van der Waals surface area (Å²) >= 11 is 5.97. The van der Waals surface area contributed by atoms with E-state index in [0.717, 1.165) is 24.3 Å². The molecule has 2 aromatic rings. The maximum Gasteiger partial charge on any atom is 0.0726 e. The first kappa shape index (κ1) is 14.1. The number of rotatable bonds is 5. The van der Waals surface area contributed by atoms with Gasteiger partial charge in [0, 0.05) is 24.2 Å². The van der Waals surface area contributed by atoms with Gasteiger partial charge in [0.2, 0.25) is 0 Å². The Balaban J connectivity index is 2.55. The lowest BCUT2D eigenvalue weighted by Crippen LogP contribution is -2.27. The number of nitrogens with zero attached hydrogens (tertiary/aromatic N) is 2. The Hall–Kier alpha value is -1.28. The van der Waals surface area contributed by atoms with Crippen molar-refractivity contribution in [2.75, 3.05) is 18.0 Å². The molecule has 19 heavy (non-hydrogen) atoms. The van der Waals surface area contributed by atoms with Gasteiger partial charge in [-0.25, -0.2) is 0 Å². The summed E-state index contributed by atoms with van der Waals surface area (Å²) in [6, 6.07) is 10.4. The third-order valence-corrected chi connectivity index (χ3v) is 3.47. The molecule has 0 fully saturated rings. The van der Waals surface area contributed by atoms with Crippen LogP contribution in [-0.2, 0) is 5.88 Å². The Kier molecular flexibility index (Phi) is 4.65. The van der Waals surface area contributed by atoms with Crippen LogP contribution in [-0.4, -0.2) is 18.1 Å². The number of halogens is 1. The van der Waals surface area contributed by atoms with Crippen molar-refractivity contribution in [3.8, 4) is 0 Å². The van der Waals surface area contributed by atoms with Crippen molar-refractivity contribution in [3.05, 3.63) is 36.0 Å². The Labute approximate surface area is 120 Å². The summed E-state index contributed by atoms with van der Waals surface area (Å²) in [5.41, 5.74) is 3.22. The quantitative estimate of drug-likeness (QED) is 0.750. The van der Waals surface area contributed by atoms with Crippen molar-refractivity contribution in [3.63, 3.8) is 0 Å².